The molecule has 20 heavy (non-hydrogen) atoms. The van der Waals surface area contributed by atoms with Crippen LogP contribution in [0.3, 0.4) is 0 Å². The summed E-state index contributed by atoms with van der Waals surface area (Å²) in [5, 5.41) is 7.23. The van der Waals surface area contributed by atoms with Crippen molar-refractivity contribution in [1.82, 2.24) is 15.0 Å². The number of ether oxygens (including phenoxy) is 1. The zero-order valence-corrected chi connectivity index (χ0v) is 14.5. The minimum absolute atomic E-state index is 0.0561. The van der Waals surface area contributed by atoms with Crippen molar-refractivity contribution in [3.63, 3.8) is 0 Å². The van der Waals surface area contributed by atoms with Crippen LogP contribution in [0, 0.1) is 0 Å². The minimum atomic E-state index is -3.80. The van der Waals surface area contributed by atoms with Crippen LogP contribution in [-0.4, -0.2) is 30.5 Å². The van der Waals surface area contributed by atoms with Gasteiger partial charge in [0.25, 0.3) is 10.0 Å². The third-order valence-electron chi connectivity index (χ3n) is 2.39. The number of rotatable bonds is 4. The molecule has 0 fully saturated rings. The van der Waals surface area contributed by atoms with Crippen molar-refractivity contribution in [3.8, 4) is 5.75 Å². The van der Waals surface area contributed by atoms with Crippen molar-refractivity contribution >= 4 is 47.6 Å². The molecule has 1 heterocycles. The highest BCUT2D eigenvalue weighted by atomic mass is 79.9. The molecule has 0 spiro atoms. The molecule has 1 aromatic carbocycles. The Morgan fingerprint density at radius 3 is 2.60 bits per heavy atom. The Labute approximate surface area is 132 Å². The van der Waals surface area contributed by atoms with Crippen molar-refractivity contribution < 1.29 is 13.2 Å². The van der Waals surface area contributed by atoms with Crippen molar-refractivity contribution in [2.24, 2.45) is 7.05 Å². The van der Waals surface area contributed by atoms with Crippen LogP contribution < -0.4 is 9.46 Å². The summed E-state index contributed by atoms with van der Waals surface area (Å²) in [6, 6.07) is 4.87. The first-order valence-corrected chi connectivity index (χ1v) is 8.33. The third-order valence-corrected chi connectivity index (χ3v) is 5.32. The van der Waals surface area contributed by atoms with Crippen molar-refractivity contribution in [2.45, 2.75) is 5.03 Å². The van der Waals surface area contributed by atoms with Crippen LogP contribution in [0.2, 0.25) is 0 Å². The average Bonchev–Trinajstić information content (AvgIpc) is 2.71. The number of hydrogen-bond acceptors (Lipinski definition) is 5. The molecule has 0 atom stereocenters. The van der Waals surface area contributed by atoms with Gasteiger partial charge in [0.2, 0.25) is 5.03 Å². The number of benzene rings is 1. The van der Waals surface area contributed by atoms with Gasteiger partial charge < -0.3 is 4.74 Å². The fourth-order valence-electron chi connectivity index (χ4n) is 1.53. The molecule has 2 aromatic rings. The van der Waals surface area contributed by atoms with E-state index in [-0.39, 0.29) is 9.63 Å². The molecule has 0 unspecified atom stereocenters. The lowest BCUT2D eigenvalue weighted by Gasteiger charge is -2.10. The highest BCUT2D eigenvalue weighted by molar-refractivity contribution is 9.10. The number of nitrogens with one attached hydrogen (secondary N) is 1. The number of hydrogen-bond donors (Lipinski definition) is 1. The summed E-state index contributed by atoms with van der Waals surface area (Å²) in [6.45, 7) is 0. The molecule has 0 aliphatic carbocycles. The Balaban J connectivity index is 2.39. The van der Waals surface area contributed by atoms with Gasteiger partial charge in [0.05, 0.1) is 17.3 Å². The van der Waals surface area contributed by atoms with E-state index in [1.54, 1.807) is 18.2 Å². The van der Waals surface area contributed by atoms with Crippen molar-refractivity contribution in [2.75, 3.05) is 11.8 Å². The summed E-state index contributed by atoms with van der Waals surface area (Å²) in [7, 11) is -0.804. The molecule has 108 valence electrons. The molecule has 10 heteroatoms. The fourth-order valence-corrected chi connectivity index (χ4v) is 4.09. The lowest BCUT2D eigenvalue weighted by atomic mass is 10.3. The highest BCUT2D eigenvalue weighted by Gasteiger charge is 2.24. The monoisotopic (exact) mass is 424 g/mol. The maximum Gasteiger partial charge on any atom is 0.281 e. The summed E-state index contributed by atoms with van der Waals surface area (Å²) in [5.74, 6) is 0.521. The van der Waals surface area contributed by atoms with E-state index in [9.17, 15) is 8.42 Å². The maximum absolute atomic E-state index is 12.3. The van der Waals surface area contributed by atoms with E-state index in [0.29, 0.717) is 11.4 Å². The largest absolute Gasteiger partial charge is 0.495 e. The lowest BCUT2D eigenvalue weighted by molar-refractivity contribution is 0.412. The van der Waals surface area contributed by atoms with Gasteiger partial charge in [0.15, 0.2) is 4.60 Å². The summed E-state index contributed by atoms with van der Waals surface area (Å²) in [4.78, 5) is 0. The van der Waals surface area contributed by atoms with E-state index in [1.165, 1.54) is 18.8 Å². The van der Waals surface area contributed by atoms with Gasteiger partial charge in [-0.15, -0.1) is 5.10 Å². The molecule has 7 nitrogen and oxygen atoms in total. The molecular weight excluding hydrogens is 416 g/mol. The van der Waals surface area contributed by atoms with Crippen LogP contribution in [0.15, 0.2) is 32.3 Å². The second kappa shape index (κ2) is 5.70. The summed E-state index contributed by atoms with van der Waals surface area (Å²) in [6.07, 6.45) is 0. The average molecular weight is 426 g/mol. The molecule has 0 aliphatic heterocycles. The van der Waals surface area contributed by atoms with Crippen LogP contribution in [0.25, 0.3) is 0 Å². The number of methoxy groups -OCH3 is 1. The zero-order chi connectivity index (χ0) is 14.9. The van der Waals surface area contributed by atoms with Gasteiger partial charge in [-0.1, -0.05) is 5.21 Å². The maximum atomic E-state index is 12.3. The number of sulfonamides is 1. The molecule has 1 N–H and O–H groups in total. The molecule has 0 radical (unpaired) electrons. The Bertz CT molecular complexity index is 725. The smallest absolute Gasteiger partial charge is 0.281 e. The molecule has 0 aliphatic rings. The molecule has 0 bridgehead atoms. The lowest BCUT2D eigenvalue weighted by Crippen LogP contribution is -2.17. The number of nitrogens with zero attached hydrogens (tertiary/aromatic N) is 3. The van der Waals surface area contributed by atoms with E-state index in [4.69, 9.17) is 4.74 Å². The van der Waals surface area contributed by atoms with Crippen LogP contribution in [0.4, 0.5) is 5.69 Å². The van der Waals surface area contributed by atoms with Gasteiger partial charge in [-0.2, -0.15) is 8.42 Å². The van der Waals surface area contributed by atoms with Gasteiger partial charge in [-0.25, -0.2) is 4.68 Å². The Kier molecular flexibility index (Phi) is 4.35. The Hall–Kier alpha value is -1.13. The first-order chi connectivity index (χ1) is 9.35. The van der Waals surface area contributed by atoms with E-state index < -0.39 is 10.0 Å². The predicted molar refractivity (Wildman–Crippen MR) is 80.2 cm³/mol. The van der Waals surface area contributed by atoms with E-state index in [1.807, 2.05) is 0 Å². The first kappa shape index (κ1) is 15.3. The quantitative estimate of drug-likeness (QED) is 0.810. The summed E-state index contributed by atoms with van der Waals surface area (Å²) >= 11 is 6.36. The van der Waals surface area contributed by atoms with Gasteiger partial charge in [0, 0.05) is 13.1 Å². The van der Waals surface area contributed by atoms with Gasteiger partial charge in [0.1, 0.15) is 5.75 Å². The standard InChI is InChI=1S/C10H10Br2N4O3S/c1-16-10(9(12)13-15-16)20(17,18)14-6-3-4-7(11)8(5-6)19-2/h3-5,14H,1-2H3. The van der Waals surface area contributed by atoms with Gasteiger partial charge in [-0.05, 0) is 44.0 Å². The molecule has 1 aromatic heterocycles. The summed E-state index contributed by atoms with van der Waals surface area (Å²) in [5.41, 5.74) is 0.373. The number of halogens is 2. The fraction of sp³-hybridized carbons (Fsp3) is 0.200. The van der Waals surface area contributed by atoms with Gasteiger partial charge >= 0.3 is 0 Å². The highest BCUT2D eigenvalue weighted by Crippen LogP contribution is 2.29. The third kappa shape index (κ3) is 2.96. The molecule has 0 saturated carbocycles. The molecular formula is C10H10Br2N4O3S. The molecule has 2 rings (SSSR count). The van der Waals surface area contributed by atoms with Crippen molar-refractivity contribution in [3.05, 3.63) is 27.3 Å². The Morgan fingerprint density at radius 2 is 2.05 bits per heavy atom. The minimum Gasteiger partial charge on any atom is -0.495 e. The van der Waals surface area contributed by atoms with E-state index in [2.05, 4.69) is 46.9 Å². The number of aryl methyl sites for hydroxylation is 1. The second-order valence-corrected chi connectivity index (χ2v) is 6.97. The topological polar surface area (TPSA) is 86.1 Å². The summed E-state index contributed by atoms with van der Waals surface area (Å²) < 4.78 is 34.2. The Morgan fingerprint density at radius 1 is 1.35 bits per heavy atom. The second-order valence-electron chi connectivity index (χ2n) is 3.76. The van der Waals surface area contributed by atoms with E-state index in [0.717, 1.165) is 4.47 Å². The molecule has 0 saturated heterocycles. The van der Waals surface area contributed by atoms with Crippen LogP contribution in [0.5, 0.6) is 5.75 Å². The SMILES string of the molecule is COc1cc(NS(=O)(=O)c2c(Br)nnn2C)ccc1Br. The number of aromatic nitrogens is 3. The predicted octanol–water partition coefficient (Wildman–Crippen LogP) is 2.15. The van der Waals surface area contributed by atoms with Crippen LogP contribution in [0.1, 0.15) is 0 Å². The van der Waals surface area contributed by atoms with Crippen LogP contribution >= 0.6 is 31.9 Å². The normalized spacial score (nSPS) is 11.4. The van der Waals surface area contributed by atoms with Crippen molar-refractivity contribution in [1.29, 1.82) is 0 Å². The first-order valence-electron chi connectivity index (χ1n) is 5.26. The van der Waals surface area contributed by atoms with Crippen LogP contribution in [-0.2, 0) is 17.1 Å². The van der Waals surface area contributed by atoms with E-state index >= 15 is 0 Å². The number of anilines is 1. The van der Waals surface area contributed by atoms with Gasteiger partial charge in [-0.3, -0.25) is 4.72 Å². The zero-order valence-electron chi connectivity index (χ0n) is 10.5. The molecule has 0 amide bonds.